The lowest BCUT2D eigenvalue weighted by atomic mass is 10.2. The van der Waals surface area contributed by atoms with Crippen molar-refractivity contribution in [2.75, 3.05) is 12.1 Å². The van der Waals surface area contributed by atoms with Crippen LogP contribution in [0.4, 0.5) is 11.4 Å². The Morgan fingerprint density at radius 2 is 2.12 bits per heavy atom. The molecule has 7 nitrogen and oxygen atoms in total. The highest BCUT2D eigenvalue weighted by Gasteiger charge is 2.24. The third-order valence-electron chi connectivity index (χ3n) is 2.28. The number of fused-ring (bicyclic) bond motifs is 1. The van der Waals surface area contributed by atoms with Crippen LogP contribution >= 0.6 is 0 Å². The first kappa shape index (κ1) is 11.2. The molecule has 1 aliphatic rings. The maximum Gasteiger partial charge on any atom is 0.296 e. The van der Waals surface area contributed by atoms with Crippen LogP contribution < -0.4 is 14.8 Å². The van der Waals surface area contributed by atoms with Crippen molar-refractivity contribution in [1.82, 2.24) is 0 Å². The van der Waals surface area contributed by atoms with Crippen LogP contribution in [0.3, 0.4) is 0 Å². The second kappa shape index (κ2) is 4.28. The lowest BCUT2D eigenvalue weighted by Gasteiger charge is -2.05. The van der Waals surface area contributed by atoms with Gasteiger partial charge >= 0.3 is 0 Å². The molecule has 7 heteroatoms. The molecule has 0 atom stereocenters. The van der Waals surface area contributed by atoms with Gasteiger partial charge in [0.15, 0.2) is 11.5 Å². The molecule has 1 aliphatic heterocycles. The van der Waals surface area contributed by atoms with Gasteiger partial charge in [-0.05, 0) is 0 Å². The average molecular weight is 238 g/mol. The highest BCUT2D eigenvalue weighted by Crippen LogP contribution is 2.40. The van der Waals surface area contributed by atoms with E-state index in [1.165, 1.54) is 12.1 Å². The number of nitro groups is 1. The summed E-state index contributed by atoms with van der Waals surface area (Å²) < 4.78 is 10.1. The minimum Gasteiger partial charge on any atom is -0.454 e. The predicted molar refractivity (Wildman–Crippen MR) is 58.1 cm³/mol. The first-order valence-corrected chi connectivity index (χ1v) is 4.99. The number of carbonyl (C=O) groups is 1. The molecular formula is C10H10N2O5. The molecule has 1 aromatic carbocycles. The summed E-state index contributed by atoms with van der Waals surface area (Å²) in [5.74, 6) is 0.403. The first-order valence-electron chi connectivity index (χ1n) is 4.99. The summed E-state index contributed by atoms with van der Waals surface area (Å²) in [7, 11) is 0. The van der Waals surface area contributed by atoms with Gasteiger partial charge in [-0.1, -0.05) is 6.92 Å². The van der Waals surface area contributed by atoms with E-state index in [1.54, 1.807) is 6.92 Å². The van der Waals surface area contributed by atoms with E-state index in [-0.39, 0.29) is 30.5 Å². The van der Waals surface area contributed by atoms with E-state index >= 15 is 0 Å². The molecule has 1 heterocycles. The number of nitro benzene ring substituents is 1. The maximum atomic E-state index is 11.3. The van der Waals surface area contributed by atoms with Gasteiger partial charge in [0.05, 0.1) is 11.0 Å². The Balaban J connectivity index is 2.41. The van der Waals surface area contributed by atoms with Gasteiger partial charge < -0.3 is 14.8 Å². The number of nitrogens with zero attached hydrogens (tertiary/aromatic N) is 1. The normalized spacial score (nSPS) is 12.3. The van der Waals surface area contributed by atoms with Crippen molar-refractivity contribution in [1.29, 1.82) is 0 Å². The zero-order valence-corrected chi connectivity index (χ0v) is 9.06. The van der Waals surface area contributed by atoms with Gasteiger partial charge in [0.1, 0.15) is 5.69 Å². The van der Waals surface area contributed by atoms with Crippen LogP contribution in [0.2, 0.25) is 0 Å². The number of nitrogens with one attached hydrogen (secondary N) is 1. The Labute approximate surface area is 96.5 Å². The predicted octanol–water partition coefficient (Wildman–Crippen LogP) is 1.67. The lowest BCUT2D eigenvalue weighted by Crippen LogP contribution is -2.11. The van der Waals surface area contributed by atoms with Crippen LogP contribution in [-0.2, 0) is 4.79 Å². The highest BCUT2D eigenvalue weighted by molar-refractivity contribution is 5.93. The van der Waals surface area contributed by atoms with Crippen LogP contribution in [0.15, 0.2) is 12.1 Å². The number of carbonyl (C=O) groups excluding carboxylic acids is 1. The van der Waals surface area contributed by atoms with Crippen molar-refractivity contribution in [3.8, 4) is 11.5 Å². The fourth-order valence-corrected chi connectivity index (χ4v) is 1.42. The van der Waals surface area contributed by atoms with E-state index in [9.17, 15) is 14.9 Å². The van der Waals surface area contributed by atoms with Crippen LogP contribution in [-0.4, -0.2) is 17.6 Å². The smallest absolute Gasteiger partial charge is 0.296 e. The van der Waals surface area contributed by atoms with Crippen molar-refractivity contribution in [2.45, 2.75) is 13.3 Å². The minimum atomic E-state index is -0.576. The quantitative estimate of drug-likeness (QED) is 0.638. The average Bonchev–Trinajstić information content (AvgIpc) is 2.74. The molecule has 0 aliphatic carbocycles. The van der Waals surface area contributed by atoms with E-state index in [1.807, 2.05) is 0 Å². The van der Waals surface area contributed by atoms with E-state index in [0.29, 0.717) is 11.5 Å². The molecule has 1 aromatic rings. The Kier molecular flexibility index (Phi) is 2.82. The number of benzene rings is 1. The molecule has 0 radical (unpaired) electrons. The summed E-state index contributed by atoms with van der Waals surface area (Å²) >= 11 is 0. The van der Waals surface area contributed by atoms with E-state index in [0.717, 1.165) is 0 Å². The lowest BCUT2D eigenvalue weighted by molar-refractivity contribution is -0.384. The fourth-order valence-electron chi connectivity index (χ4n) is 1.42. The maximum absolute atomic E-state index is 11.3. The standard InChI is InChI=1S/C10H10N2O5/c1-2-10(13)11-6-3-8-9(17-5-16-8)4-7(6)12(14)15/h3-4H,2,5H2,1H3,(H,11,13). The van der Waals surface area contributed by atoms with Crippen molar-refractivity contribution in [3.05, 3.63) is 22.2 Å². The van der Waals surface area contributed by atoms with Gasteiger partial charge in [0, 0.05) is 12.5 Å². The molecule has 90 valence electrons. The Morgan fingerprint density at radius 1 is 1.47 bits per heavy atom. The fraction of sp³-hybridized carbons (Fsp3) is 0.300. The summed E-state index contributed by atoms with van der Waals surface area (Å²) in [6, 6.07) is 2.64. The zero-order valence-electron chi connectivity index (χ0n) is 9.06. The molecule has 0 bridgehead atoms. The van der Waals surface area contributed by atoms with Crippen LogP contribution in [0.25, 0.3) is 0 Å². The minimum absolute atomic E-state index is 0.0255. The van der Waals surface area contributed by atoms with Crippen LogP contribution in [0, 0.1) is 10.1 Å². The van der Waals surface area contributed by atoms with Crippen LogP contribution in [0.5, 0.6) is 11.5 Å². The molecule has 0 saturated heterocycles. The van der Waals surface area contributed by atoms with E-state index in [2.05, 4.69) is 5.32 Å². The summed E-state index contributed by atoms with van der Waals surface area (Å²) in [5.41, 5.74) is -0.0952. The number of hydrogen-bond donors (Lipinski definition) is 1. The van der Waals surface area contributed by atoms with Crippen molar-refractivity contribution >= 4 is 17.3 Å². The number of amides is 1. The van der Waals surface area contributed by atoms with Gasteiger partial charge in [-0.3, -0.25) is 14.9 Å². The SMILES string of the molecule is CCC(=O)Nc1cc2c(cc1[N+](=O)[O-])OCO2. The van der Waals surface area contributed by atoms with E-state index in [4.69, 9.17) is 9.47 Å². The molecule has 1 N–H and O–H groups in total. The zero-order chi connectivity index (χ0) is 12.4. The largest absolute Gasteiger partial charge is 0.454 e. The monoisotopic (exact) mass is 238 g/mol. The van der Waals surface area contributed by atoms with Crippen molar-refractivity contribution < 1.29 is 19.2 Å². The first-order chi connectivity index (χ1) is 8.11. The third kappa shape index (κ3) is 2.12. The number of ether oxygens (including phenoxy) is 2. The Hall–Kier alpha value is -2.31. The van der Waals surface area contributed by atoms with Gasteiger partial charge in [0.25, 0.3) is 5.69 Å². The third-order valence-corrected chi connectivity index (χ3v) is 2.28. The number of anilines is 1. The van der Waals surface area contributed by atoms with Crippen molar-refractivity contribution in [3.63, 3.8) is 0 Å². The van der Waals surface area contributed by atoms with Gasteiger partial charge in [-0.15, -0.1) is 0 Å². The van der Waals surface area contributed by atoms with Gasteiger partial charge in [-0.25, -0.2) is 0 Å². The number of rotatable bonds is 3. The van der Waals surface area contributed by atoms with Gasteiger partial charge in [-0.2, -0.15) is 0 Å². The molecule has 17 heavy (non-hydrogen) atoms. The van der Waals surface area contributed by atoms with Crippen LogP contribution in [0.1, 0.15) is 13.3 Å². The second-order valence-corrected chi connectivity index (χ2v) is 3.38. The summed E-state index contributed by atoms with van der Waals surface area (Å²) in [4.78, 5) is 21.5. The van der Waals surface area contributed by atoms with Gasteiger partial charge in [0.2, 0.25) is 12.7 Å². The molecule has 0 saturated carbocycles. The molecule has 0 aromatic heterocycles. The summed E-state index contributed by atoms with van der Waals surface area (Å²) in [6.07, 6.45) is 0.242. The molecule has 2 rings (SSSR count). The van der Waals surface area contributed by atoms with Crippen molar-refractivity contribution in [2.24, 2.45) is 0 Å². The second-order valence-electron chi connectivity index (χ2n) is 3.38. The highest BCUT2D eigenvalue weighted by atomic mass is 16.7. The summed E-state index contributed by atoms with van der Waals surface area (Å²) in [5, 5.41) is 13.3. The molecule has 0 spiro atoms. The Bertz CT molecular complexity index is 486. The van der Waals surface area contributed by atoms with E-state index < -0.39 is 4.92 Å². The Morgan fingerprint density at radius 3 is 2.71 bits per heavy atom. The molecule has 0 unspecified atom stereocenters. The topological polar surface area (TPSA) is 90.7 Å². The number of hydrogen-bond acceptors (Lipinski definition) is 5. The molecular weight excluding hydrogens is 228 g/mol. The molecule has 1 amide bonds. The summed E-state index contributed by atoms with van der Waals surface area (Å²) in [6.45, 7) is 1.69. The molecule has 0 fully saturated rings.